The Morgan fingerprint density at radius 3 is 2.81 bits per heavy atom. The predicted molar refractivity (Wildman–Crippen MR) is 81.0 cm³/mol. The first-order valence-electron chi connectivity index (χ1n) is 7.59. The van der Waals surface area contributed by atoms with Gasteiger partial charge in [0.05, 0.1) is 11.3 Å². The molecule has 1 N–H and O–H groups in total. The van der Waals surface area contributed by atoms with E-state index in [1.807, 2.05) is 4.90 Å². The molecule has 2 aliphatic rings. The number of hydrogen-bond acceptors (Lipinski definition) is 3. The Labute approximate surface area is 124 Å². The molecule has 2 fully saturated rings. The zero-order chi connectivity index (χ0) is 15.0. The van der Waals surface area contributed by atoms with E-state index in [0.29, 0.717) is 23.3 Å². The molecule has 3 rings (SSSR count). The molecule has 0 radical (unpaired) electrons. The summed E-state index contributed by atoms with van der Waals surface area (Å²) in [5, 5.41) is 2.81. The van der Waals surface area contributed by atoms with E-state index in [2.05, 4.69) is 17.3 Å². The quantitative estimate of drug-likeness (QED) is 0.907. The van der Waals surface area contributed by atoms with Crippen LogP contribution in [0.2, 0.25) is 0 Å². The molecule has 2 atom stereocenters. The molecule has 1 aromatic carbocycles. The summed E-state index contributed by atoms with van der Waals surface area (Å²) in [6.45, 7) is 1.50. The molecule has 0 spiro atoms. The molecule has 4 nitrogen and oxygen atoms in total. The van der Waals surface area contributed by atoms with E-state index in [1.165, 1.54) is 12.5 Å². The van der Waals surface area contributed by atoms with Crippen LogP contribution < -0.4 is 5.32 Å². The second-order valence-electron chi connectivity index (χ2n) is 6.00. The standard InChI is InChI=1S/C16H22FN3O/c1-18-15-13(4-3-5-14(15)17)16(21)20-9-8-11-6-7-12(10-20)19(11)2/h3-5,11-12,18H,6-10H2,1-2H3. The lowest BCUT2D eigenvalue weighted by Gasteiger charge is -2.26. The van der Waals surface area contributed by atoms with Gasteiger partial charge in [-0.25, -0.2) is 4.39 Å². The van der Waals surface area contributed by atoms with Gasteiger partial charge in [0.15, 0.2) is 0 Å². The van der Waals surface area contributed by atoms with Gasteiger partial charge in [-0.1, -0.05) is 6.07 Å². The number of carbonyl (C=O) groups excluding carboxylic acids is 1. The van der Waals surface area contributed by atoms with E-state index in [1.54, 1.807) is 19.2 Å². The summed E-state index contributed by atoms with van der Waals surface area (Å²) in [5.41, 5.74) is 0.725. The van der Waals surface area contributed by atoms with E-state index in [9.17, 15) is 9.18 Å². The normalized spacial score (nSPS) is 25.8. The second kappa shape index (κ2) is 5.64. The van der Waals surface area contributed by atoms with E-state index in [4.69, 9.17) is 0 Å². The SMILES string of the molecule is CNc1c(F)cccc1C(=O)N1CCC2CCC(C1)N2C. The van der Waals surface area contributed by atoms with Crippen LogP contribution in [0.25, 0.3) is 0 Å². The van der Waals surface area contributed by atoms with Crippen molar-refractivity contribution in [1.82, 2.24) is 9.80 Å². The number of benzene rings is 1. The van der Waals surface area contributed by atoms with Crippen molar-refractivity contribution in [3.8, 4) is 0 Å². The number of para-hydroxylation sites is 1. The van der Waals surface area contributed by atoms with Gasteiger partial charge < -0.3 is 10.2 Å². The van der Waals surface area contributed by atoms with E-state index in [0.717, 1.165) is 25.9 Å². The highest BCUT2D eigenvalue weighted by atomic mass is 19.1. The minimum Gasteiger partial charge on any atom is -0.385 e. The lowest BCUT2D eigenvalue weighted by Crippen LogP contribution is -2.40. The van der Waals surface area contributed by atoms with Crippen molar-refractivity contribution in [2.45, 2.75) is 31.3 Å². The maximum Gasteiger partial charge on any atom is 0.256 e. The zero-order valence-corrected chi connectivity index (χ0v) is 12.6. The number of fused-ring (bicyclic) bond motifs is 2. The number of hydrogen-bond donors (Lipinski definition) is 1. The molecule has 2 heterocycles. The Hall–Kier alpha value is -1.62. The Kier molecular flexibility index (Phi) is 3.85. The first kappa shape index (κ1) is 14.3. The first-order valence-corrected chi connectivity index (χ1v) is 7.59. The number of anilines is 1. The molecule has 0 aliphatic carbocycles. The number of amides is 1. The zero-order valence-electron chi connectivity index (χ0n) is 12.6. The molecule has 0 saturated carbocycles. The van der Waals surface area contributed by atoms with E-state index in [-0.39, 0.29) is 11.7 Å². The number of likely N-dealkylation sites (N-methyl/N-ethyl adjacent to an activating group) is 1. The molecule has 2 aliphatic heterocycles. The van der Waals surface area contributed by atoms with Crippen LogP contribution in [0.5, 0.6) is 0 Å². The molecule has 21 heavy (non-hydrogen) atoms. The minimum atomic E-state index is -0.378. The molecular weight excluding hydrogens is 269 g/mol. The molecule has 5 heteroatoms. The molecule has 2 unspecified atom stereocenters. The number of carbonyl (C=O) groups is 1. The van der Waals surface area contributed by atoms with Gasteiger partial charge >= 0.3 is 0 Å². The minimum absolute atomic E-state index is 0.0696. The topological polar surface area (TPSA) is 35.6 Å². The van der Waals surface area contributed by atoms with Gasteiger partial charge in [-0.2, -0.15) is 0 Å². The molecule has 0 aromatic heterocycles. The van der Waals surface area contributed by atoms with Crippen LogP contribution in [0.4, 0.5) is 10.1 Å². The van der Waals surface area contributed by atoms with Crippen molar-refractivity contribution in [3.63, 3.8) is 0 Å². The van der Waals surface area contributed by atoms with Gasteiger partial charge in [0.2, 0.25) is 0 Å². The van der Waals surface area contributed by atoms with Crippen LogP contribution in [-0.2, 0) is 0 Å². The van der Waals surface area contributed by atoms with Crippen LogP contribution in [0.1, 0.15) is 29.6 Å². The van der Waals surface area contributed by atoms with Crippen molar-refractivity contribution < 1.29 is 9.18 Å². The molecule has 2 bridgehead atoms. The molecular formula is C16H22FN3O. The number of nitrogens with zero attached hydrogens (tertiary/aromatic N) is 2. The van der Waals surface area contributed by atoms with Crippen LogP contribution in [0.15, 0.2) is 18.2 Å². The van der Waals surface area contributed by atoms with E-state index >= 15 is 0 Å². The van der Waals surface area contributed by atoms with Crippen molar-refractivity contribution in [2.75, 3.05) is 32.5 Å². The summed E-state index contributed by atoms with van der Waals surface area (Å²) < 4.78 is 13.8. The maximum absolute atomic E-state index is 13.8. The van der Waals surface area contributed by atoms with Gasteiger partial charge in [-0.3, -0.25) is 9.69 Å². The fourth-order valence-corrected chi connectivity index (χ4v) is 3.62. The Bertz CT molecular complexity index is 548. The van der Waals surface area contributed by atoms with E-state index < -0.39 is 0 Å². The third-order valence-electron chi connectivity index (χ3n) is 4.93. The third-order valence-corrected chi connectivity index (χ3v) is 4.93. The summed E-state index contributed by atoms with van der Waals surface area (Å²) >= 11 is 0. The predicted octanol–water partition coefficient (Wildman–Crippen LogP) is 2.18. The van der Waals surface area contributed by atoms with Gasteiger partial charge in [-0.15, -0.1) is 0 Å². The first-order chi connectivity index (χ1) is 10.1. The van der Waals surface area contributed by atoms with Crippen LogP contribution in [0, 0.1) is 5.82 Å². The van der Waals surface area contributed by atoms with Crippen LogP contribution >= 0.6 is 0 Å². The lowest BCUT2D eigenvalue weighted by atomic mass is 10.1. The summed E-state index contributed by atoms with van der Waals surface area (Å²) in [6, 6.07) is 5.70. The summed E-state index contributed by atoms with van der Waals surface area (Å²) in [6.07, 6.45) is 3.38. The molecule has 1 amide bonds. The van der Waals surface area contributed by atoms with Crippen molar-refractivity contribution in [2.24, 2.45) is 0 Å². The third kappa shape index (κ3) is 2.50. The Morgan fingerprint density at radius 2 is 2.05 bits per heavy atom. The van der Waals surface area contributed by atoms with Crippen molar-refractivity contribution >= 4 is 11.6 Å². The summed E-state index contributed by atoms with van der Waals surface area (Å²) in [7, 11) is 3.80. The number of rotatable bonds is 2. The Balaban J connectivity index is 1.84. The van der Waals surface area contributed by atoms with Crippen LogP contribution in [-0.4, -0.2) is 55.0 Å². The fourth-order valence-electron chi connectivity index (χ4n) is 3.62. The van der Waals surface area contributed by atoms with Crippen LogP contribution in [0.3, 0.4) is 0 Å². The molecule has 1 aromatic rings. The van der Waals surface area contributed by atoms with Gasteiger partial charge in [0, 0.05) is 32.2 Å². The highest BCUT2D eigenvalue weighted by molar-refractivity contribution is 5.99. The van der Waals surface area contributed by atoms with Gasteiger partial charge in [-0.05, 0) is 38.4 Å². The Morgan fingerprint density at radius 1 is 1.29 bits per heavy atom. The smallest absolute Gasteiger partial charge is 0.256 e. The van der Waals surface area contributed by atoms with Crippen molar-refractivity contribution in [1.29, 1.82) is 0 Å². The lowest BCUT2D eigenvalue weighted by molar-refractivity contribution is 0.0741. The summed E-state index contributed by atoms with van der Waals surface area (Å²) in [4.78, 5) is 17.1. The monoisotopic (exact) mass is 291 g/mol. The van der Waals surface area contributed by atoms with Gasteiger partial charge in [0.25, 0.3) is 5.91 Å². The maximum atomic E-state index is 13.8. The number of likely N-dealkylation sites (tertiary alicyclic amines) is 1. The largest absolute Gasteiger partial charge is 0.385 e. The number of halogens is 1. The average Bonchev–Trinajstić information content (AvgIpc) is 2.71. The fraction of sp³-hybridized carbons (Fsp3) is 0.562. The summed E-state index contributed by atoms with van der Waals surface area (Å²) in [5.74, 6) is -0.448. The highest BCUT2D eigenvalue weighted by Crippen LogP contribution is 2.30. The number of nitrogens with one attached hydrogen (secondary N) is 1. The molecule has 114 valence electrons. The average molecular weight is 291 g/mol. The molecule has 2 saturated heterocycles. The van der Waals surface area contributed by atoms with Crippen molar-refractivity contribution in [3.05, 3.63) is 29.6 Å². The second-order valence-corrected chi connectivity index (χ2v) is 6.00. The van der Waals surface area contributed by atoms with Gasteiger partial charge in [0.1, 0.15) is 5.82 Å². The highest BCUT2D eigenvalue weighted by Gasteiger charge is 2.36.